The van der Waals surface area contributed by atoms with Crippen molar-refractivity contribution in [3.63, 3.8) is 0 Å². The highest BCUT2D eigenvalue weighted by Gasteiger charge is 2.22. The second-order valence-electron chi connectivity index (χ2n) is 6.89. The number of thiophene rings is 1. The molecule has 8 heteroatoms. The zero-order valence-corrected chi connectivity index (χ0v) is 16.6. The normalized spacial score (nSPS) is 14.4. The van der Waals surface area contributed by atoms with Gasteiger partial charge in [-0.05, 0) is 48.9 Å². The molecule has 29 heavy (non-hydrogen) atoms. The van der Waals surface area contributed by atoms with E-state index in [1.807, 2.05) is 0 Å². The van der Waals surface area contributed by atoms with Gasteiger partial charge in [0.2, 0.25) is 0 Å². The van der Waals surface area contributed by atoms with Gasteiger partial charge in [-0.2, -0.15) is 5.26 Å². The molecule has 7 nitrogen and oxygen atoms in total. The first-order valence-corrected chi connectivity index (χ1v) is 10.3. The molecule has 1 aromatic heterocycles. The van der Waals surface area contributed by atoms with Crippen LogP contribution >= 0.6 is 11.3 Å². The lowest BCUT2D eigenvalue weighted by Crippen LogP contribution is -2.21. The van der Waals surface area contributed by atoms with E-state index in [2.05, 4.69) is 11.4 Å². The summed E-state index contributed by atoms with van der Waals surface area (Å²) in [7, 11) is 0. The second-order valence-corrected chi connectivity index (χ2v) is 8.00. The van der Waals surface area contributed by atoms with Gasteiger partial charge in [0.1, 0.15) is 24.3 Å². The van der Waals surface area contributed by atoms with E-state index in [0.717, 1.165) is 36.8 Å². The molecular weight excluding hydrogens is 392 g/mol. The number of benzene rings is 1. The van der Waals surface area contributed by atoms with Gasteiger partial charge in [0.15, 0.2) is 18.1 Å². The number of esters is 1. The van der Waals surface area contributed by atoms with Gasteiger partial charge < -0.3 is 19.5 Å². The van der Waals surface area contributed by atoms with Crippen LogP contribution in [0.3, 0.4) is 0 Å². The first kappa shape index (κ1) is 19.3. The van der Waals surface area contributed by atoms with Crippen molar-refractivity contribution in [2.24, 2.45) is 0 Å². The smallest absolute Gasteiger partial charge is 0.310 e. The van der Waals surface area contributed by atoms with Crippen molar-refractivity contribution in [2.75, 3.05) is 25.1 Å². The third-order valence-corrected chi connectivity index (χ3v) is 6.06. The van der Waals surface area contributed by atoms with Gasteiger partial charge in [0.05, 0.1) is 12.0 Å². The molecule has 0 saturated carbocycles. The number of amides is 1. The van der Waals surface area contributed by atoms with Crippen LogP contribution in [0.25, 0.3) is 0 Å². The summed E-state index contributed by atoms with van der Waals surface area (Å²) < 4.78 is 16.1. The largest absolute Gasteiger partial charge is 0.486 e. The molecule has 0 atom stereocenters. The van der Waals surface area contributed by atoms with Crippen molar-refractivity contribution in [2.45, 2.75) is 32.1 Å². The maximum Gasteiger partial charge on any atom is 0.310 e. The molecule has 0 unspecified atom stereocenters. The maximum absolute atomic E-state index is 12.2. The van der Waals surface area contributed by atoms with Crippen LogP contribution in [0.15, 0.2) is 18.2 Å². The number of nitriles is 1. The average Bonchev–Trinajstić information content (AvgIpc) is 3.09. The number of aryl methyl sites for hydroxylation is 1. The van der Waals surface area contributed by atoms with Gasteiger partial charge in [-0.3, -0.25) is 9.59 Å². The fraction of sp³-hybridized carbons (Fsp3) is 0.381. The monoisotopic (exact) mass is 412 g/mol. The standard InChI is InChI=1S/C21H20N2O5S/c22-11-15-14-3-1-2-4-18(14)29-21(15)23-19(24)12-28-20(25)10-13-5-6-16-17(9-13)27-8-7-26-16/h5-6,9H,1-4,7-8,10,12H2,(H,23,24). The molecule has 1 amide bonds. The van der Waals surface area contributed by atoms with Crippen LogP contribution in [0, 0.1) is 11.3 Å². The first-order chi connectivity index (χ1) is 14.1. The highest BCUT2D eigenvalue weighted by molar-refractivity contribution is 7.16. The van der Waals surface area contributed by atoms with Crippen molar-refractivity contribution >= 4 is 28.2 Å². The summed E-state index contributed by atoms with van der Waals surface area (Å²) >= 11 is 1.44. The number of ether oxygens (including phenoxy) is 3. The lowest BCUT2D eigenvalue weighted by Gasteiger charge is -2.18. The molecule has 2 heterocycles. The van der Waals surface area contributed by atoms with Gasteiger partial charge in [0.25, 0.3) is 5.91 Å². The Morgan fingerprint density at radius 3 is 2.79 bits per heavy atom. The zero-order chi connectivity index (χ0) is 20.2. The lowest BCUT2D eigenvalue weighted by molar-refractivity contribution is -0.146. The molecule has 4 rings (SSSR count). The molecule has 1 aliphatic heterocycles. The lowest BCUT2D eigenvalue weighted by atomic mass is 9.96. The maximum atomic E-state index is 12.2. The second kappa shape index (κ2) is 8.53. The Bertz CT molecular complexity index is 992. The molecule has 0 fully saturated rings. The van der Waals surface area contributed by atoms with Crippen LogP contribution in [0.4, 0.5) is 5.00 Å². The predicted octanol–water partition coefficient (Wildman–Crippen LogP) is 2.99. The van der Waals surface area contributed by atoms with Crippen LogP contribution in [0.2, 0.25) is 0 Å². The summed E-state index contributed by atoms with van der Waals surface area (Å²) in [4.78, 5) is 25.5. The minimum atomic E-state index is -0.511. The number of nitrogens with one attached hydrogen (secondary N) is 1. The fourth-order valence-corrected chi connectivity index (χ4v) is 4.75. The number of fused-ring (bicyclic) bond motifs is 2. The molecule has 1 aliphatic carbocycles. The summed E-state index contributed by atoms with van der Waals surface area (Å²) in [5.74, 6) is 0.295. The van der Waals surface area contributed by atoms with Gasteiger partial charge >= 0.3 is 5.97 Å². The van der Waals surface area contributed by atoms with Crippen LogP contribution < -0.4 is 14.8 Å². The summed E-state index contributed by atoms with van der Waals surface area (Å²) in [5.41, 5.74) is 2.31. The highest BCUT2D eigenvalue weighted by atomic mass is 32.1. The van der Waals surface area contributed by atoms with Crippen molar-refractivity contribution in [1.82, 2.24) is 0 Å². The van der Waals surface area contributed by atoms with Crippen LogP contribution in [0.5, 0.6) is 11.5 Å². The fourth-order valence-electron chi connectivity index (χ4n) is 3.50. The molecule has 1 aromatic carbocycles. The minimum absolute atomic E-state index is 0.0284. The van der Waals surface area contributed by atoms with E-state index in [0.29, 0.717) is 35.3 Å². The average molecular weight is 412 g/mol. The molecule has 0 spiro atoms. The summed E-state index contributed by atoms with van der Waals surface area (Å²) in [6.45, 7) is 0.582. The van der Waals surface area contributed by atoms with Crippen molar-refractivity contribution in [3.8, 4) is 17.6 Å². The predicted molar refractivity (Wildman–Crippen MR) is 106 cm³/mol. The van der Waals surface area contributed by atoms with Crippen molar-refractivity contribution in [1.29, 1.82) is 5.26 Å². The number of rotatable bonds is 5. The van der Waals surface area contributed by atoms with Gasteiger partial charge in [-0.25, -0.2) is 0 Å². The van der Waals surface area contributed by atoms with Crippen molar-refractivity contribution < 1.29 is 23.8 Å². The van der Waals surface area contributed by atoms with E-state index < -0.39 is 18.5 Å². The van der Waals surface area contributed by atoms with Crippen LogP contribution in [0.1, 0.15) is 34.4 Å². The van der Waals surface area contributed by atoms with E-state index in [4.69, 9.17) is 14.2 Å². The van der Waals surface area contributed by atoms with E-state index >= 15 is 0 Å². The zero-order valence-electron chi connectivity index (χ0n) is 15.8. The number of carbonyl (C=O) groups excluding carboxylic acids is 2. The molecule has 0 saturated heterocycles. The molecule has 2 aliphatic rings. The Hall–Kier alpha value is -3.05. The molecular formula is C21H20N2O5S. The molecule has 2 aromatic rings. The Morgan fingerprint density at radius 1 is 1.17 bits per heavy atom. The Labute approximate surface area is 172 Å². The minimum Gasteiger partial charge on any atom is -0.486 e. The topological polar surface area (TPSA) is 97.7 Å². The van der Waals surface area contributed by atoms with E-state index in [1.54, 1.807) is 18.2 Å². The quantitative estimate of drug-likeness (QED) is 0.758. The third-order valence-electron chi connectivity index (χ3n) is 4.86. The molecule has 0 radical (unpaired) electrons. The SMILES string of the molecule is N#Cc1c(NC(=O)COC(=O)Cc2ccc3c(c2)OCCO3)sc2c1CCCC2. The van der Waals surface area contributed by atoms with Gasteiger partial charge in [-0.15, -0.1) is 11.3 Å². The van der Waals surface area contributed by atoms with Gasteiger partial charge in [-0.1, -0.05) is 6.07 Å². The van der Waals surface area contributed by atoms with Gasteiger partial charge in [0, 0.05) is 4.88 Å². The first-order valence-electron chi connectivity index (χ1n) is 9.52. The van der Waals surface area contributed by atoms with E-state index in [1.165, 1.54) is 16.2 Å². The summed E-state index contributed by atoms with van der Waals surface area (Å²) in [6, 6.07) is 7.46. The number of carbonyl (C=O) groups is 2. The molecule has 150 valence electrons. The van der Waals surface area contributed by atoms with E-state index in [9.17, 15) is 14.9 Å². The number of anilines is 1. The van der Waals surface area contributed by atoms with E-state index in [-0.39, 0.29) is 6.42 Å². The van der Waals surface area contributed by atoms with Crippen LogP contribution in [-0.4, -0.2) is 31.7 Å². The summed E-state index contributed by atoms with van der Waals surface area (Å²) in [6.07, 6.45) is 4.00. The highest BCUT2D eigenvalue weighted by Crippen LogP contribution is 2.37. The number of hydrogen-bond donors (Lipinski definition) is 1. The van der Waals surface area contributed by atoms with Crippen LogP contribution in [-0.2, 0) is 33.6 Å². The number of hydrogen-bond acceptors (Lipinski definition) is 7. The Balaban J connectivity index is 1.31. The summed E-state index contributed by atoms with van der Waals surface area (Å²) in [5, 5.41) is 12.7. The Morgan fingerprint density at radius 2 is 1.97 bits per heavy atom. The number of nitrogens with zero attached hydrogens (tertiary/aromatic N) is 1. The van der Waals surface area contributed by atoms with Crippen molar-refractivity contribution in [3.05, 3.63) is 39.8 Å². The molecule has 1 N–H and O–H groups in total. The molecule has 0 bridgehead atoms. The Kier molecular flexibility index (Phi) is 5.67. The third kappa shape index (κ3) is 4.35.